The summed E-state index contributed by atoms with van der Waals surface area (Å²) >= 11 is 0. The first-order chi connectivity index (χ1) is 7.50. The van der Waals surface area contributed by atoms with Crippen LogP contribution in [0, 0.1) is 0 Å². The average Bonchev–Trinajstić information content (AvgIpc) is 2.93. The molecule has 3 amide bonds. The normalized spacial score (nSPS) is 14.8. The smallest absolute Gasteiger partial charge is 0.315 e. The van der Waals surface area contributed by atoms with Crippen molar-refractivity contribution in [3.8, 4) is 0 Å². The number of hydrogen-bond acceptors (Lipinski definition) is 2. The summed E-state index contributed by atoms with van der Waals surface area (Å²) in [7, 11) is 0. The molecule has 0 bridgehead atoms. The van der Waals surface area contributed by atoms with E-state index in [1.807, 2.05) is 18.7 Å². The van der Waals surface area contributed by atoms with Gasteiger partial charge in [0, 0.05) is 32.1 Å². The van der Waals surface area contributed by atoms with Crippen LogP contribution >= 0.6 is 0 Å². The van der Waals surface area contributed by atoms with Gasteiger partial charge in [-0.25, -0.2) is 4.79 Å². The Kier molecular flexibility index (Phi) is 4.58. The SMILES string of the molecule is CC(=O)N(CCNC(=O)NC(C)C)C1CC1. The molecule has 0 aromatic rings. The third-order valence-corrected chi connectivity index (χ3v) is 2.45. The van der Waals surface area contributed by atoms with Gasteiger partial charge in [0.25, 0.3) is 0 Å². The molecule has 0 spiro atoms. The van der Waals surface area contributed by atoms with E-state index in [1.54, 1.807) is 6.92 Å². The maximum atomic E-state index is 11.3. The number of carbonyl (C=O) groups excluding carboxylic acids is 2. The predicted molar refractivity (Wildman–Crippen MR) is 62.1 cm³/mol. The standard InChI is InChI=1S/C11H21N3O2/c1-8(2)13-11(16)12-6-7-14(9(3)15)10-4-5-10/h8,10H,4-7H2,1-3H3,(H2,12,13,16). The van der Waals surface area contributed by atoms with Gasteiger partial charge in [-0.05, 0) is 26.7 Å². The molecule has 1 rings (SSSR count). The molecule has 5 heteroatoms. The lowest BCUT2D eigenvalue weighted by atomic mass is 10.4. The van der Waals surface area contributed by atoms with Gasteiger partial charge < -0.3 is 15.5 Å². The lowest BCUT2D eigenvalue weighted by Gasteiger charge is -2.20. The summed E-state index contributed by atoms with van der Waals surface area (Å²) in [6.07, 6.45) is 2.19. The molecule has 0 heterocycles. The summed E-state index contributed by atoms with van der Waals surface area (Å²) < 4.78 is 0. The molecule has 0 aromatic carbocycles. The van der Waals surface area contributed by atoms with Gasteiger partial charge in [-0.2, -0.15) is 0 Å². The lowest BCUT2D eigenvalue weighted by molar-refractivity contribution is -0.129. The summed E-state index contributed by atoms with van der Waals surface area (Å²) in [4.78, 5) is 24.4. The fraction of sp³-hybridized carbons (Fsp3) is 0.818. The van der Waals surface area contributed by atoms with Gasteiger partial charge in [0.1, 0.15) is 0 Å². The fourth-order valence-electron chi connectivity index (χ4n) is 1.59. The largest absolute Gasteiger partial charge is 0.338 e. The van der Waals surface area contributed by atoms with Crippen molar-refractivity contribution in [3.05, 3.63) is 0 Å². The number of hydrogen-bond donors (Lipinski definition) is 2. The van der Waals surface area contributed by atoms with E-state index in [4.69, 9.17) is 0 Å². The van der Waals surface area contributed by atoms with E-state index >= 15 is 0 Å². The third kappa shape index (κ3) is 4.51. The van der Waals surface area contributed by atoms with Crippen LogP contribution in [0.25, 0.3) is 0 Å². The maximum absolute atomic E-state index is 11.3. The highest BCUT2D eigenvalue weighted by Gasteiger charge is 2.30. The van der Waals surface area contributed by atoms with Gasteiger partial charge in [0.2, 0.25) is 5.91 Å². The van der Waals surface area contributed by atoms with Gasteiger partial charge in [0.05, 0.1) is 0 Å². The van der Waals surface area contributed by atoms with Crippen LogP contribution in [0.1, 0.15) is 33.6 Å². The van der Waals surface area contributed by atoms with E-state index in [0.29, 0.717) is 19.1 Å². The number of nitrogens with zero attached hydrogens (tertiary/aromatic N) is 1. The summed E-state index contributed by atoms with van der Waals surface area (Å²) in [5, 5.41) is 5.48. The quantitative estimate of drug-likeness (QED) is 0.726. The molecule has 16 heavy (non-hydrogen) atoms. The Morgan fingerprint density at radius 2 is 2.00 bits per heavy atom. The van der Waals surface area contributed by atoms with E-state index < -0.39 is 0 Å². The first-order valence-corrected chi connectivity index (χ1v) is 5.82. The van der Waals surface area contributed by atoms with E-state index in [9.17, 15) is 9.59 Å². The van der Waals surface area contributed by atoms with Crippen molar-refractivity contribution in [2.24, 2.45) is 0 Å². The van der Waals surface area contributed by atoms with Gasteiger partial charge in [-0.15, -0.1) is 0 Å². The van der Waals surface area contributed by atoms with Crippen LogP contribution in [-0.4, -0.2) is 42.0 Å². The topological polar surface area (TPSA) is 61.4 Å². The van der Waals surface area contributed by atoms with Crippen LogP contribution in [-0.2, 0) is 4.79 Å². The molecule has 0 radical (unpaired) electrons. The van der Waals surface area contributed by atoms with Crippen LogP contribution in [0.4, 0.5) is 4.79 Å². The van der Waals surface area contributed by atoms with Gasteiger partial charge in [-0.3, -0.25) is 4.79 Å². The minimum Gasteiger partial charge on any atom is -0.338 e. The molecule has 0 saturated heterocycles. The molecule has 1 aliphatic rings. The zero-order valence-electron chi connectivity index (χ0n) is 10.2. The molecule has 2 N–H and O–H groups in total. The summed E-state index contributed by atoms with van der Waals surface area (Å²) in [5.74, 6) is 0.0913. The van der Waals surface area contributed by atoms with Crippen molar-refractivity contribution >= 4 is 11.9 Å². The maximum Gasteiger partial charge on any atom is 0.315 e. The number of rotatable bonds is 5. The second-order valence-electron chi connectivity index (χ2n) is 4.50. The molecular formula is C11H21N3O2. The Balaban J connectivity index is 2.17. The lowest BCUT2D eigenvalue weighted by Crippen LogP contribution is -2.44. The van der Waals surface area contributed by atoms with Crippen LogP contribution < -0.4 is 10.6 Å². The number of carbonyl (C=O) groups is 2. The second kappa shape index (κ2) is 5.72. The molecule has 0 aliphatic heterocycles. The Hall–Kier alpha value is -1.26. The molecule has 1 saturated carbocycles. The van der Waals surface area contributed by atoms with Crippen molar-refractivity contribution < 1.29 is 9.59 Å². The second-order valence-corrected chi connectivity index (χ2v) is 4.50. The highest BCUT2D eigenvalue weighted by Crippen LogP contribution is 2.26. The zero-order chi connectivity index (χ0) is 12.1. The summed E-state index contributed by atoms with van der Waals surface area (Å²) in [6.45, 7) is 6.50. The number of nitrogens with one attached hydrogen (secondary N) is 2. The minimum atomic E-state index is -0.172. The molecule has 92 valence electrons. The Morgan fingerprint density at radius 3 is 2.44 bits per heavy atom. The van der Waals surface area contributed by atoms with E-state index in [-0.39, 0.29) is 18.0 Å². The van der Waals surface area contributed by atoms with Crippen molar-refractivity contribution in [1.29, 1.82) is 0 Å². The van der Waals surface area contributed by atoms with Crippen molar-refractivity contribution in [1.82, 2.24) is 15.5 Å². The van der Waals surface area contributed by atoms with Crippen molar-refractivity contribution in [3.63, 3.8) is 0 Å². The highest BCUT2D eigenvalue weighted by atomic mass is 16.2. The van der Waals surface area contributed by atoms with E-state index in [1.165, 1.54) is 0 Å². The van der Waals surface area contributed by atoms with E-state index in [2.05, 4.69) is 10.6 Å². The Bertz CT molecular complexity index is 262. The Labute approximate surface area is 96.6 Å². The molecule has 1 aliphatic carbocycles. The highest BCUT2D eigenvalue weighted by molar-refractivity contribution is 5.75. The summed E-state index contributed by atoms with van der Waals surface area (Å²) in [6, 6.07) is 0.370. The van der Waals surface area contributed by atoms with Crippen LogP contribution in [0.15, 0.2) is 0 Å². The molecular weight excluding hydrogens is 206 g/mol. The number of urea groups is 1. The Morgan fingerprint density at radius 1 is 1.38 bits per heavy atom. The molecule has 5 nitrogen and oxygen atoms in total. The van der Waals surface area contributed by atoms with Gasteiger partial charge >= 0.3 is 6.03 Å². The molecule has 0 unspecified atom stereocenters. The first-order valence-electron chi connectivity index (χ1n) is 5.82. The fourth-order valence-corrected chi connectivity index (χ4v) is 1.59. The monoisotopic (exact) mass is 227 g/mol. The van der Waals surface area contributed by atoms with Gasteiger partial charge in [0.15, 0.2) is 0 Å². The number of amides is 3. The van der Waals surface area contributed by atoms with Crippen molar-refractivity contribution in [2.75, 3.05) is 13.1 Å². The molecule has 0 aromatic heterocycles. The minimum absolute atomic E-state index is 0.0913. The molecule has 0 atom stereocenters. The van der Waals surface area contributed by atoms with Crippen LogP contribution in [0.2, 0.25) is 0 Å². The zero-order valence-corrected chi connectivity index (χ0v) is 10.2. The predicted octanol–water partition coefficient (Wildman–Crippen LogP) is 0.705. The third-order valence-electron chi connectivity index (χ3n) is 2.45. The molecule has 1 fully saturated rings. The summed E-state index contributed by atoms with van der Waals surface area (Å²) in [5.41, 5.74) is 0. The van der Waals surface area contributed by atoms with Gasteiger partial charge in [-0.1, -0.05) is 0 Å². The van der Waals surface area contributed by atoms with Crippen LogP contribution in [0.3, 0.4) is 0 Å². The van der Waals surface area contributed by atoms with Crippen LogP contribution in [0.5, 0.6) is 0 Å². The van der Waals surface area contributed by atoms with Crippen molar-refractivity contribution in [2.45, 2.75) is 45.7 Å². The average molecular weight is 227 g/mol. The first kappa shape index (κ1) is 12.8. The van der Waals surface area contributed by atoms with E-state index in [0.717, 1.165) is 12.8 Å².